The van der Waals surface area contributed by atoms with Crippen LogP contribution in [-0.4, -0.2) is 15.4 Å². The molecule has 0 unspecified atom stereocenters. The van der Waals surface area contributed by atoms with Crippen LogP contribution in [0.2, 0.25) is 19.1 Å². The van der Waals surface area contributed by atoms with Crippen LogP contribution in [0.5, 0.6) is 0 Å². The average Bonchev–Trinajstić information content (AvgIpc) is 2.00. The summed E-state index contributed by atoms with van der Waals surface area (Å²) in [7, 11) is 0.0570. The zero-order valence-electron chi connectivity index (χ0n) is 8.64. The summed E-state index contributed by atoms with van der Waals surface area (Å²) in [6, 6.07) is 1.17. The van der Waals surface area contributed by atoms with Gasteiger partial charge in [0.2, 0.25) is 8.32 Å². The van der Waals surface area contributed by atoms with Crippen LogP contribution in [0, 0.1) is 0 Å². The Morgan fingerprint density at radius 3 is 2.42 bits per heavy atom. The molecule has 0 bridgehead atoms. The quantitative estimate of drug-likeness (QED) is 0.471. The predicted molar refractivity (Wildman–Crippen MR) is 54.4 cm³/mol. The Kier molecular flexibility index (Phi) is 5.05. The second kappa shape index (κ2) is 5.25. The van der Waals surface area contributed by atoms with Crippen LogP contribution in [0.4, 0.5) is 0 Å². The first kappa shape index (κ1) is 11.6. The first-order valence-electron chi connectivity index (χ1n) is 4.43. The second-order valence-electron chi connectivity index (χ2n) is 3.54. The van der Waals surface area contributed by atoms with E-state index in [1.807, 2.05) is 0 Å². The van der Waals surface area contributed by atoms with E-state index in [0.29, 0.717) is 5.95 Å². The van der Waals surface area contributed by atoms with Crippen molar-refractivity contribution in [1.29, 1.82) is 0 Å². The Bertz CT molecular complexity index is 143. The molecule has 12 heavy (non-hydrogen) atoms. The number of unbranched alkanes of at least 4 members (excludes halogenated alkanes) is 1. The Balaban J connectivity index is 3.77. The molecule has 0 saturated heterocycles. The van der Waals surface area contributed by atoms with Crippen LogP contribution in [0.3, 0.4) is 0 Å². The number of ether oxygens (including phenoxy) is 1. The maximum Gasteiger partial charge on any atom is 0.257 e. The molecule has 0 aromatic heterocycles. The topological polar surface area (TPSA) is 18.5 Å². The third-order valence-corrected chi connectivity index (χ3v) is 4.09. The molecule has 0 amide bonds. The fourth-order valence-corrected chi connectivity index (χ4v) is 3.01. The van der Waals surface area contributed by atoms with Crippen molar-refractivity contribution < 1.29 is 9.16 Å². The number of rotatable bonds is 6. The van der Waals surface area contributed by atoms with Gasteiger partial charge in [-0.2, -0.15) is 0 Å². The van der Waals surface area contributed by atoms with E-state index >= 15 is 0 Å². The number of methoxy groups -OCH3 is 1. The van der Waals surface area contributed by atoms with Crippen LogP contribution in [0.1, 0.15) is 19.8 Å². The fraction of sp³-hybridized carbons (Fsp3) is 0.778. The van der Waals surface area contributed by atoms with Crippen molar-refractivity contribution in [3.63, 3.8) is 0 Å². The van der Waals surface area contributed by atoms with Gasteiger partial charge in [-0.3, -0.25) is 0 Å². The van der Waals surface area contributed by atoms with Gasteiger partial charge in [-0.15, -0.1) is 0 Å². The maximum atomic E-state index is 5.61. The molecule has 0 atom stereocenters. The molecule has 0 saturated carbocycles. The van der Waals surface area contributed by atoms with E-state index in [0.717, 1.165) is 0 Å². The minimum Gasteiger partial charge on any atom is -0.520 e. The van der Waals surface area contributed by atoms with E-state index in [-0.39, 0.29) is 0 Å². The van der Waals surface area contributed by atoms with Crippen molar-refractivity contribution in [2.45, 2.75) is 38.9 Å². The summed E-state index contributed by atoms with van der Waals surface area (Å²) in [5, 5.41) is 0. The molecule has 2 nitrogen and oxygen atoms in total. The van der Waals surface area contributed by atoms with Gasteiger partial charge in [-0.1, -0.05) is 19.8 Å². The van der Waals surface area contributed by atoms with Crippen LogP contribution in [0.25, 0.3) is 0 Å². The molecule has 0 radical (unpaired) electrons. The summed E-state index contributed by atoms with van der Waals surface area (Å²) in [5.74, 6) is 0.461. The van der Waals surface area contributed by atoms with Crippen LogP contribution >= 0.6 is 0 Å². The van der Waals surface area contributed by atoms with Crippen LogP contribution < -0.4 is 0 Å². The summed E-state index contributed by atoms with van der Waals surface area (Å²) in [4.78, 5) is 0. The van der Waals surface area contributed by atoms with Gasteiger partial charge in [0.25, 0.3) is 5.95 Å². The summed E-state index contributed by atoms with van der Waals surface area (Å²) in [5.41, 5.74) is 0. The number of hydrogen-bond acceptors (Lipinski definition) is 2. The molecular formula is C9H20O2Si. The molecule has 0 heterocycles. The van der Waals surface area contributed by atoms with Gasteiger partial charge in [0.15, 0.2) is 0 Å². The molecule has 72 valence electrons. The minimum absolute atomic E-state index is 0.461. The van der Waals surface area contributed by atoms with Gasteiger partial charge in [0.05, 0.1) is 7.11 Å². The Morgan fingerprint density at radius 2 is 2.00 bits per heavy atom. The Hall–Kier alpha value is -0.443. The lowest BCUT2D eigenvalue weighted by atomic mass is 10.4. The molecule has 0 aliphatic rings. The monoisotopic (exact) mass is 188 g/mol. The second-order valence-corrected chi connectivity index (χ2v) is 7.76. The van der Waals surface area contributed by atoms with Crippen LogP contribution in [0.15, 0.2) is 12.5 Å². The van der Waals surface area contributed by atoms with E-state index in [1.54, 1.807) is 7.11 Å². The normalized spacial score (nSPS) is 11.0. The molecule has 0 N–H and O–H groups in total. The molecule has 0 aliphatic heterocycles. The fourth-order valence-electron chi connectivity index (χ4n) is 1.00. The smallest absolute Gasteiger partial charge is 0.257 e. The zero-order chi connectivity index (χ0) is 9.61. The first-order chi connectivity index (χ1) is 5.52. The van der Waals surface area contributed by atoms with Crippen molar-refractivity contribution in [3.05, 3.63) is 12.5 Å². The van der Waals surface area contributed by atoms with Gasteiger partial charge >= 0.3 is 0 Å². The molecule has 0 aliphatic carbocycles. The Labute approximate surface area is 76.7 Å². The van der Waals surface area contributed by atoms with Crippen molar-refractivity contribution in [3.8, 4) is 0 Å². The third-order valence-electron chi connectivity index (χ3n) is 1.75. The van der Waals surface area contributed by atoms with Gasteiger partial charge in [-0.05, 0) is 25.7 Å². The third kappa shape index (κ3) is 5.24. The summed E-state index contributed by atoms with van der Waals surface area (Å²) in [6.45, 7) is 10.2. The average molecular weight is 188 g/mol. The maximum absolute atomic E-state index is 5.61. The standard InChI is InChI=1S/C9H20O2Si/c1-6-7-8-12(4,5)11-9(2)10-3/h2,6-8H2,1,3-5H3. The van der Waals surface area contributed by atoms with Crippen molar-refractivity contribution in [1.82, 2.24) is 0 Å². The molecular weight excluding hydrogens is 168 g/mol. The Morgan fingerprint density at radius 1 is 1.42 bits per heavy atom. The molecule has 0 aromatic rings. The van der Waals surface area contributed by atoms with Gasteiger partial charge in [0, 0.05) is 0 Å². The molecule has 3 heteroatoms. The van der Waals surface area contributed by atoms with Gasteiger partial charge in [0.1, 0.15) is 0 Å². The van der Waals surface area contributed by atoms with E-state index in [4.69, 9.17) is 9.16 Å². The predicted octanol–water partition coefficient (Wildman–Crippen LogP) is 3.13. The minimum atomic E-state index is -1.53. The van der Waals surface area contributed by atoms with Crippen molar-refractivity contribution in [2.75, 3.05) is 7.11 Å². The highest BCUT2D eigenvalue weighted by atomic mass is 28.4. The lowest BCUT2D eigenvalue weighted by Gasteiger charge is -2.23. The number of hydrogen-bond donors (Lipinski definition) is 0. The van der Waals surface area contributed by atoms with Crippen molar-refractivity contribution >= 4 is 8.32 Å². The SMILES string of the molecule is C=C(OC)O[Si](C)(C)CCCC. The van der Waals surface area contributed by atoms with Gasteiger partial charge in [-0.25, -0.2) is 0 Å². The van der Waals surface area contributed by atoms with E-state index in [2.05, 4.69) is 26.6 Å². The van der Waals surface area contributed by atoms with E-state index in [9.17, 15) is 0 Å². The summed E-state index contributed by atoms with van der Waals surface area (Å²) >= 11 is 0. The summed E-state index contributed by atoms with van der Waals surface area (Å²) < 4.78 is 10.5. The van der Waals surface area contributed by atoms with Gasteiger partial charge < -0.3 is 9.16 Å². The highest BCUT2D eigenvalue weighted by Crippen LogP contribution is 2.17. The molecule has 0 aromatic carbocycles. The van der Waals surface area contributed by atoms with E-state index < -0.39 is 8.32 Å². The highest BCUT2D eigenvalue weighted by Gasteiger charge is 2.24. The lowest BCUT2D eigenvalue weighted by molar-refractivity contribution is 0.148. The summed E-state index contributed by atoms with van der Waals surface area (Å²) in [6.07, 6.45) is 2.45. The van der Waals surface area contributed by atoms with Crippen molar-refractivity contribution in [2.24, 2.45) is 0 Å². The molecule has 0 rings (SSSR count). The lowest BCUT2D eigenvalue weighted by Crippen LogP contribution is -2.29. The van der Waals surface area contributed by atoms with Crippen LogP contribution in [-0.2, 0) is 9.16 Å². The van der Waals surface area contributed by atoms with E-state index in [1.165, 1.54) is 18.9 Å². The largest absolute Gasteiger partial charge is 0.520 e. The first-order valence-corrected chi connectivity index (χ1v) is 7.55. The zero-order valence-corrected chi connectivity index (χ0v) is 9.64. The highest BCUT2D eigenvalue weighted by molar-refractivity contribution is 6.71. The molecule has 0 fully saturated rings. The molecule has 0 spiro atoms.